The summed E-state index contributed by atoms with van der Waals surface area (Å²) in [4.78, 5) is 23.0. The predicted molar refractivity (Wildman–Crippen MR) is 58.0 cm³/mol. The van der Waals surface area contributed by atoms with Gasteiger partial charge in [-0.1, -0.05) is 13.8 Å². The second-order valence-corrected chi connectivity index (χ2v) is 4.24. The third-order valence-corrected chi connectivity index (χ3v) is 2.06. The first-order valence-electron chi connectivity index (χ1n) is 5.26. The van der Waals surface area contributed by atoms with Gasteiger partial charge < -0.3 is 15.3 Å². The van der Waals surface area contributed by atoms with Gasteiger partial charge in [0.1, 0.15) is 6.04 Å². The molecular formula is C10H18F2N2O3. The van der Waals surface area contributed by atoms with E-state index < -0.39 is 31.0 Å². The van der Waals surface area contributed by atoms with Crippen LogP contribution in [0.1, 0.15) is 20.3 Å². The molecule has 1 atom stereocenters. The smallest absolute Gasteiger partial charge is 0.326 e. The van der Waals surface area contributed by atoms with E-state index >= 15 is 0 Å². The van der Waals surface area contributed by atoms with Crippen molar-refractivity contribution in [2.45, 2.75) is 32.7 Å². The molecule has 2 amide bonds. The van der Waals surface area contributed by atoms with E-state index in [-0.39, 0.29) is 12.3 Å². The van der Waals surface area contributed by atoms with Crippen LogP contribution in [0.15, 0.2) is 0 Å². The van der Waals surface area contributed by atoms with Gasteiger partial charge in [0.05, 0.1) is 6.54 Å². The molecule has 0 unspecified atom stereocenters. The number of carbonyl (C=O) groups is 2. The maximum absolute atomic E-state index is 12.0. The number of carboxylic acids is 1. The molecule has 0 aliphatic carbocycles. The van der Waals surface area contributed by atoms with Crippen molar-refractivity contribution in [2.24, 2.45) is 5.92 Å². The van der Waals surface area contributed by atoms with E-state index in [1.807, 2.05) is 13.8 Å². The van der Waals surface area contributed by atoms with E-state index in [1.165, 1.54) is 7.05 Å². The number of alkyl halides is 2. The summed E-state index contributed by atoms with van der Waals surface area (Å²) >= 11 is 0. The fraction of sp³-hybridized carbons (Fsp3) is 0.800. The van der Waals surface area contributed by atoms with E-state index in [0.29, 0.717) is 0 Å². The zero-order valence-corrected chi connectivity index (χ0v) is 10.1. The monoisotopic (exact) mass is 252 g/mol. The summed E-state index contributed by atoms with van der Waals surface area (Å²) < 4.78 is 24.0. The Balaban J connectivity index is 4.35. The van der Waals surface area contributed by atoms with Crippen molar-refractivity contribution >= 4 is 12.0 Å². The molecule has 0 saturated heterocycles. The van der Waals surface area contributed by atoms with Crippen LogP contribution in [0, 0.1) is 5.92 Å². The van der Waals surface area contributed by atoms with Gasteiger partial charge in [0.25, 0.3) is 6.43 Å². The Morgan fingerprint density at radius 3 is 2.24 bits per heavy atom. The molecular weight excluding hydrogens is 234 g/mol. The molecule has 0 aromatic heterocycles. The number of halogens is 2. The van der Waals surface area contributed by atoms with Gasteiger partial charge in [-0.3, -0.25) is 0 Å². The first kappa shape index (κ1) is 15.6. The molecule has 100 valence electrons. The van der Waals surface area contributed by atoms with Crippen molar-refractivity contribution < 1.29 is 23.5 Å². The predicted octanol–water partition coefficient (Wildman–Crippen LogP) is 1.39. The molecule has 0 fully saturated rings. The molecule has 0 bridgehead atoms. The quantitative estimate of drug-likeness (QED) is 0.750. The first-order chi connectivity index (χ1) is 7.73. The van der Waals surface area contributed by atoms with Gasteiger partial charge >= 0.3 is 12.0 Å². The minimum Gasteiger partial charge on any atom is -0.480 e. The molecule has 0 aromatic carbocycles. The lowest BCUT2D eigenvalue weighted by molar-refractivity contribution is -0.139. The van der Waals surface area contributed by atoms with Gasteiger partial charge in [-0.05, 0) is 12.3 Å². The van der Waals surface area contributed by atoms with Crippen LogP contribution in [0.2, 0.25) is 0 Å². The Bertz CT molecular complexity index is 272. The number of rotatable bonds is 6. The van der Waals surface area contributed by atoms with Gasteiger partial charge in [0.2, 0.25) is 0 Å². The fourth-order valence-corrected chi connectivity index (χ4v) is 1.24. The van der Waals surface area contributed by atoms with E-state index in [9.17, 15) is 18.4 Å². The SMILES string of the molecule is CC(C)C[C@@H](NC(=O)N(C)CC(F)F)C(=O)O. The first-order valence-corrected chi connectivity index (χ1v) is 5.26. The number of nitrogens with zero attached hydrogens (tertiary/aromatic N) is 1. The van der Waals surface area contributed by atoms with Gasteiger partial charge in [-0.15, -0.1) is 0 Å². The van der Waals surface area contributed by atoms with Crippen molar-refractivity contribution in [3.05, 3.63) is 0 Å². The molecule has 17 heavy (non-hydrogen) atoms. The molecule has 0 aliphatic heterocycles. The summed E-state index contributed by atoms with van der Waals surface area (Å²) in [5.41, 5.74) is 0. The van der Waals surface area contributed by atoms with Crippen molar-refractivity contribution in [1.29, 1.82) is 0 Å². The van der Waals surface area contributed by atoms with Gasteiger partial charge in [-0.25, -0.2) is 18.4 Å². The summed E-state index contributed by atoms with van der Waals surface area (Å²) in [6.45, 7) is 2.90. The summed E-state index contributed by atoms with van der Waals surface area (Å²) in [5.74, 6) is -1.09. The van der Waals surface area contributed by atoms with Crippen molar-refractivity contribution in [1.82, 2.24) is 10.2 Å². The van der Waals surface area contributed by atoms with Crippen LogP contribution >= 0.6 is 0 Å². The van der Waals surface area contributed by atoms with Crippen LogP contribution in [-0.4, -0.2) is 48.1 Å². The molecule has 0 spiro atoms. The van der Waals surface area contributed by atoms with E-state index in [0.717, 1.165) is 4.90 Å². The summed E-state index contributed by atoms with van der Waals surface area (Å²) in [7, 11) is 1.19. The molecule has 0 heterocycles. The molecule has 2 N–H and O–H groups in total. The minimum atomic E-state index is -2.64. The maximum atomic E-state index is 12.0. The Morgan fingerprint density at radius 1 is 1.35 bits per heavy atom. The normalized spacial score (nSPS) is 12.6. The van der Waals surface area contributed by atoms with E-state index in [1.54, 1.807) is 0 Å². The highest BCUT2D eigenvalue weighted by Crippen LogP contribution is 2.06. The number of carboxylic acid groups (broad SMARTS) is 1. The lowest BCUT2D eigenvalue weighted by atomic mass is 10.0. The van der Waals surface area contributed by atoms with Gasteiger partial charge in [-0.2, -0.15) is 0 Å². The molecule has 0 aliphatic rings. The van der Waals surface area contributed by atoms with Crippen LogP contribution in [0.3, 0.4) is 0 Å². The third kappa shape index (κ3) is 6.70. The Hall–Kier alpha value is -1.40. The zero-order valence-electron chi connectivity index (χ0n) is 10.1. The second-order valence-electron chi connectivity index (χ2n) is 4.24. The number of aliphatic carboxylic acids is 1. The number of nitrogens with one attached hydrogen (secondary N) is 1. The zero-order chi connectivity index (χ0) is 13.6. The highest BCUT2D eigenvalue weighted by Gasteiger charge is 2.23. The van der Waals surface area contributed by atoms with Crippen molar-refractivity contribution in [3.8, 4) is 0 Å². The number of hydrogen-bond donors (Lipinski definition) is 2. The number of urea groups is 1. The van der Waals surface area contributed by atoms with Crippen LogP contribution in [0.5, 0.6) is 0 Å². The third-order valence-electron chi connectivity index (χ3n) is 2.06. The lowest BCUT2D eigenvalue weighted by Crippen LogP contribution is -2.48. The van der Waals surface area contributed by atoms with Gasteiger partial charge in [0, 0.05) is 7.05 Å². The molecule has 0 saturated carbocycles. The largest absolute Gasteiger partial charge is 0.480 e. The number of amides is 2. The highest BCUT2D eigenvalue weighted by atomic mass is 19.3. The van der Waals surface area contributed by atoms with E-state index in [4.69, 9.17) is 5.11 Å². The number of carbonyl (C=O) groups excluding carboxylic acids is 1. The molecule has 0 rings (SSSR count). The Kier molecular flexibility index (Phi) is 6.45. The lowest BCUT2D eigenvalue weighted by Gasteiger charge is -2.22. The summed E-state index contributed by atoms with van der Waals surface area (Å²) in [5, 5.41) is 11.1. The Morgan fingerprint density at radius 2 is 1.88 bits per heavy atom. The topological polar surface area (TPSA) is 69.6 Å². The fourth-order valence-electron chi connectivity index (χ4n) is 1.24. The van der Waals surface area contributed by atoms with Crippen LogP contribution in [-0.2, 0) is 4.79 Å². The average Bonchev–Trinajstić information content (AvgIpc) is 2.14. The van der Waals surface area contributed by atoms with Crippen LogP contribution in [0.4, 0.5) is 13.6 Å². The van der Waals surface area contributed by atoms with E-state index in [2.05, 4.69) is 5.32 Å². The number of hydrogen-bond acceptors (Lipinski definition) is 2. The minimum absolute atomic E-state index is 0.0804. The molecule has 7 heteroatoms. The average molecular weight is 252 g/mol. The molecule has 0 radical (unpaired) electrons. The van der Waals surface area contributed by atoms with Crippen LogP contribution < -0.4 is 5.32 Å². The Labute approximate surface area is 98.8 Å². The maximum Gasteiger partial charge on any atom is 0.326 e. The molecule has 0 aromatic rings. The molecule has 5 nitrogen and oxygen atoms in total. The highest BCUT2D eigenvalue weighted by molar-refractivity contribution is 5.82. The summed E-state index contributed by atoms with van der Waals surface area (Å²) in [6, 6.07) is -1.86. The van der Waals surface area contributed by atoms with Crippen molar-refractivity contribution in [3.63, 3.8) is 0 Å². The summed E-state index contributed by atoms with van der Waals surface area (Å²) in [6.07, 6.45) is -2.39. The second kappa shape index (κ2) is 7.03. The van der Waals surface area contributed by atoms with Crippen LogP contribution in [0.25, 0.3) is 0 Å². The standard InChI is InChI=1S/C10H18F2N2O3/c1-6(2)4-7(9(15)16)13-10(17)14(3)5-8(11)12/h6-8H,4-5H2,1-3H3,(H,13,17)(H,15,16)/t7-/m1/s1. The van der Waals surface area contributed by atoms with Gasteiger partial charge in [0.15, 0.2) is 0 Å². The van der Waals surface area contributed by atoms with Crippen molar-refractivity contribution in [2.75, 3.05) is 13.6 Å².